The molecule has 1 aromatic rings. The lowest BCUT2D eigenvalue weighted by Crippen LogP contribution is -2.15. The summed E-state index contributed by atoms with van der Waals surface area (Å²) in [6.07, 6.45) is 1.38. The highest BCUT2D eigenvalue weighted by atomic mass is 16.4. The molecule has 0 aliphatic rings. The zero-order valence-electron chi connectivity index (χ0n) is 6.97. The van der Waals surface area contributed by atoms with Gasteiger partial charge in [-0.1, -0.05) is 6.07 Å². The summed E-state index contributed by atoms with van der Waals surface area (Å²) in [5.74, 6) is -0.532. The first-order valence-corrected chi connectivity index (χ1v) is 3.78. The highest BCUT2D eigenvalue weighted by Gasteiger charge is 2.10. The van der Waals surface area contributed by atoms with Crippen LogP contribution in [0.4, 0.5) is 5.82 Å². The van der Waals surface area contributed by atoms with Crippen LogP contribution < -0.4 is 11.5 Å². The van der Waals surface area contributed by atoms with Crippen LogP contribution in [0.5, 0.6) is 0 Å². The molecular formula is C8H11N3O2. The molecule has 0 spiro atoms. The van der Waals surface area contributed by atoms with Crippen LogP contribution in [0, 0.1) is 0 Å². The Labute approximate surface area is 75.4 Å². The molecule has 5 heteroatoms. The number of hydrogen-bond acceptors (Lipinski definition) is 4. The number of aliphatic carboxylic acids is 1. The van der Waals surface area contributed by atoms with Crippen molar-refractivity contribution in [2.45, 2.75) is 12.5 Å². The highest BCUT2D eigenvalue weighted by Crippen LogP contribution is 2.13. The Morgan fingerprint density at radius 1 is 1.62 bits per heavy atom. The van der Waals surface area contributed by atoms with E-state index in [0.717, 1.165) is 0 Å². The predicted molar refractivity (Wildman–Crippen MR) is 47.8 cm³/mol. The molecule has 0 aromatic carbocycles. The van der Waals surface area contributed by atoms with Crippen molar-refractivity contribution < 1.29 is 9.90 Å². The summed E-state index contributed by atoms with van der Waals surface area (Å²) >= 11 is 0. The molecule has 0 amide bonds. The van der Waals surface area contributed by atoms with Gasteiger partial charge in [0.2, 0.25) is 0 Å². The molecule has 0 saturated carbocycles. The second-order valence-electron chi connectivity index (χ2n) is 2.72. The molecule has 70 valence electrons. The number of carboxylic acid groups (broad SMARTS) is 1. The van der Waals surface area contributed by atoms with E-state index in [2.05, 4.69) is 4.98 Å². The summed E-state index contributed by atoms with van der Waals surface area (Å²) in [7, 11) is 0. The van der Waals surface area contributed by atoms with Crippen molar-refractivity contribution >= 4 is 11.8 Å². The number of aromatic nitrogens is 1. The quantitative estimate of drug-likeness (QED) is 0.615. The highest BCUT2D eigenvalue weighted by molar-refractivity contribution is 5.67. The summed E-state index contributed by atoms with van der Waals surface area (Å²) in [6, 6.07) is 2.75. The van der Waals surface area contributed by atoms with E-state index < -0.39 is 12.0 Å². The molecule has 0 bridgehead atoms. The van der Waals surface area contributed by atoms with Gasteiger partial charge in [0.05, 0.1) is 6.42 Å². The van der Waals surface area contributed by atoms with Gasteiger partial charge in [-0.25, -0.2) is 4.98 Å². The SMILES string of the molecule is Nc1ccc(C(N)CC(=O)O)cn1. The van der Waals surface area contributed by atoms with Crippen LogP contribution >= 0.6 is 0 Å². The molecule has 0 fully saturated rings. The number of nitrogens with zero attached hydrogens (tertiary/aromatic N) is 1. The first kappa shape index (κ1) is 9.47. The summed E-state index contributed by atoms with van der Waals surface area (Å²) in [5, 5.41) is 8.47. The van der Waals surface area contributed by atoms with Gasteiger partial charge in [0.25, 0.3) is 0 Å². The molecule has 0 radical (unpaired) electrons. The molecule has 1 unspecified atom stereocenters. The fourth-order valence-corrected chi connectivity index (χ4v) is 0.942. The average molecular weight is 181 g/mol. The van der Waals surface area contributed by atoms with Crippen LogP contribution in [0.15, 0.2) is 18.3 Å². The van der Waals surface area contributed by atoms with Crippen LogP contribution in [-0.4, -0.2) is 16.1 Å². The summed E-state index contributed by atoms with van der Waals surface area (Å²) in [4.78, 5) is 14.1. The standard InChI is InChI=1S/C8H11N3O2/c9-6(3-8(12)13)5-1-2-7(10)11-4-5/h1-2,4,6H,3,9H2,(H2,10,11)(H,12,13). The predicted octanol–water partition coefficient (Wildman–Crippen LogP) is 0.138. The molecule has 0 saturated heterocycles. The first-order chi connectivity index (χ1) is 6.09. The number of hydrogen-bond donors (Lipinski definition) is 3. The van der Waals surface area contributed by atoms with Crippen molar-refractivity contribution in [3.63, 3.8) is 0 Å². The zero-order valence-corrected chi connectivity index (χ0v) is 6.97. The number of pyridine rings is 1. The van der Waals surface area contributed by atoms with E-state index in [9.17, 15) is 4.79 Å². The minimum Gasteiger partial charge on any atom is -0.481 e. The van der Waals surface area contributed by atoms with Crippen LogP contribution in [0.25, 0.3) is 0 Å². The van der Waals surface area contributed by atoms with Crippen molar-refractivity contribution in [3.05, 3.63) is 23.9 Å². The normalized spacial score (nSPS) is 12.4. The maximum absolute atomic E-state index is 10.3. The maximum Gasteiger partial charge on any atom is 0.305 e. The van der Waals surface area contributed by atoms with E-state index in [1.165, 1.54) is 6.20 Å². The molecule has 13 heavy (non-hydrogen) atoms. The van der Waals surface area contributed by atoms with E-state index in [1.54, 1.807) is 12.1 Å². The van der Waals surface area contributed by atoms with Crippen molar-refractivity contribution in [3.8, 4) is 0 Å². The number of nitrogen functional groups attached to an aromatic ring is 1. The Kier molecular flexibility index (Phi) is 2.81. The van der Waals surface area contributed by atoms with E-state index in [4.69, 9.17) is 16.6 Å². The fraction of sp³-hybridized carbons (Fsp3) is 0.250. The van der Waals surface area contributed by atoms with Crippen molar-refractivity contribution in [2.75, 3.05) is 5.73 Å². The van der Waals surface area contributed by atoms with Crippen molar-refractivity contribution in [2.24, 2.45) is 5.73 Å². The number of carbonyl (C=O) groups is 1. The zero-order chi connectivity index (χ0) is 9.84. The van der Waals surface area contributed by atoms with Crippen LogP contribution in [0.2, 0.25) is 0 Å². The molecule has 1 rings (SSSR count). The minimum absolute atomic E-state index is 0.106. The molecule has 1 aromatic heterocycles. The van der Waals surface area contributed by atoms with Gasteiger partial charge in [0, 0.05) is 12.2 Å². The summed E-state index contributed by atoms with van der Waals surface area (Å²) in [6.45, 7) is 0. The van der Waals surface area contributed by atoms with E-state index in [1.807, 2.05) is 0 Å². The number of nitrogens with two attached hydrogens (primary N) is 2. The van der Waals surface area contributed by atoms with E-state index in [0.29, 0.717) is 11.4 Å². The van der Waals surface area contributed by atoms with Gasteiger partial charge < -0.3 is 16.6 Å². The number of rotatable bonds is 3. The maximum atomic E-state index is 10.3. The monoisotopic (exact) mass is 181 g/mol. The van der Waals surface area contributed by atoms with Gasteiger partial charge in [-0.2, -0.15) is 0 Å². The lowest BCUT2D eigenvalue weighted by atomic mass is 10.1. The summed E-state index contributed by atoms with van der Waals surface area (Å²) in [5.41, 5.74) is 11.6. The van der Waals surface area contributed by atoms with Crippen LogP contribution in [0.1, 0.15) is 18.0 Å². The molecule has 1 atom stereocenters. The minimum atomic E-state index is -0.927. The second kappa shape index (κ2) is 3.86. The fourth-order valence-electron chi connectivity index (χ4n) is 0.942. The number of carboxylic acids is 1. The van der Waals surface area contributed by atoms with Crippen LogP contribution in [-0.2, 0) is 4.79 Å². The Morgan fingerprint density at radius 2 is 2.31 bits per heavy atom. The molecule has 5 N–H and O–H groups in total. The van der Waals surface area contributed by atoms with Gasteiger partial charge in [-0.15, -0.1) is 0 Å². The first-order valence-electron chi connectivity index (χ1n) is 3.78. The third kappa shape index (κ3) is 2.72. The smallest absolute Gasteiger partial charge is 0.305 e. The lowest BCUT2D eigenvalue weighted by molar-refractivity contribution is -0.137. The van der Waals surface area contributed by atoms with Gasteiger partial charge in [-0.3, -0.25) is 4.79 Å². The summed E-state index contributed by atoms with van der Waals surface area (Å²) < 4.78 is 0. The average Bonchev–Trinajstić information content (AvgIpc) is 2.04. The second-order valence-corrected chi connectivity index (χ2v) is 2.72. The van der Waals surface area contributed by atoms with Crippen molar-refractivity contribution in [1.82, 2.24) is 4.98 Å². The largest absolute Gasteiger partial charge is 0.481 e. The molecular weight excluding hydrogens is 170 g/mol. The lowest BCUT2D eigenvalue weighted by Gasteiger charge is -2.08. The van der Waals surface area contributed by atoms with Gasteiger partial charge in [0.15, 0.2) is 0 Å². The Hall–Kier alpha value is -1.62. The topological polar surface area (TPSA) is 102 Å². The van der Waals surface area contributed by atoms with Gasteiger partial charge >= 0.3 is 5.97 Å². The Morgan fingerprint density at radius 3 is 2.77 bits per heavy atom. The Balaban J connectivity index is 2.71. The van der Waals surface area contributed by atoms with E-state index >= 15 is 0 Å². The van der Waals surface area contributed by atoms with E-state index in [-0.39, 0.29) is 6.42 Å². The molecule has 1 heterocycles. The number of anilines is 1. The van der Waals surface area contributed by atoms with Gasteiger partial charge in [0.1, 0.15) is 5.82 Å². The molecule has 0 aliphatic heterocycles. The van der Waals surface area contributed by atoms with Crippen LogP contribution in [0.3, 0.4) is 0 Å². The Bertz CT molecular complexity index is 297. The third-order valence-corrected chi connectivity index (χ3v) is 1.63. The third-order valence-electron chi connectivity index (χ3n) is 1.63. The molecule has 0 aliphatic carbocycles. The van der Waals surface area contributed by atoms with Crippen molar-refractivity contribution in [1.29, 1.82) is 0 Å². The molecule has 5 nitrogen and oxygen atoms in total. The van der Waals surface area contributed by atoms with Gasteiger partial charge in [-0.05, 0) is 11.6 Å².